The molecule has 2 amide bonds. The number of nitrogens with zero attached hydrogens (tertiary/aromatic N) is 1. The average Bonchev–Trinajstić information content (AvgIpc) is 2.81. The predicted octanol–water partition coefficient (Wildman–Crippen LogP) is 5.94. The van der Waals surface area contributed by atoms with E-state index in [1.807, 2.05) is 0 Å². The Hall–Kier alpha value is -3.89. The molecule has 3 aromatic rings. The van der Waals surface area contributed by atoms with Crippen LogP contribution in [0.15, 0.2) is 72.8 Å². The molecule has 35 heavy (non-hydrogen) atoms. The van der Waals surface area contributed by atoms with Gasteiger partial charge in [-0.15, -0.1) is 0 Å². The molecule has 0 radical (unpaired) electrons. The lowest BCUT2D eigenvalue weighted by molar-refractivity contribution is -0.143. The molecular formula is C24H17F7N2O2. The summed E-state index contributed by atoms with van der Waals surface area (Å²) in [4.78, 5) is 26.6. The summed E-state index contributed by atoms with van der Waals surface area (Å²) >= 11 is 0. The minimum absolute atomic E-state index is 0.0778. The largest absolute Gasteiger partial charge is 0.416 e. The Kier molecular flexibility index (Phi) is 7.47. The molecule has 0 aliphatic rings. The van der Waals surface area contributed by atoms with Crippen LogP contribution in [0.1, 0.15) is 31.8 Å². The molecule has 184 valence electrons. The van der Waals surface area contributed by atoms with Crippen LogP contribution < -0.4 is 10.2 Å². The van der Waals surface area contributed by atoms with Crippen molar-refractivity contribution in [2.45, 2.75) is 12.4 Å². The SMILES string of the molecule is O=C(NCCN(C(=O)c1ccccc1)c1ccc(F)cc1)c1cc(C(F)(F)F)cc(C(F)(F)F)c1. The van der Waals surface area contributed by atoms with Crippen LogP contribution in [0.5, 0.6) is 0 Å². The van der Waals surface area contributed by atoms with Crippen LogP contribution in [0, 0.1) is 5.82 Å². The number of amides is 2. The molecule has 0 bridgehead atoms. The van der Waals surface area contributed by atoms with E-state index in [4.69, 9.17) is 0 Å². The van der Waals surface area contributed by atoms with E-state index in [-0.39, 0.29) is 30.4 Å². The maximum atomic E-state index is 13.3. The molecule has 0 spiro atoms. The standard InChI is InChI=1S/C24H17F7N2O2/c25-19-6-8-20(9-7-19)33(22(35)15-4-2-1-3-5-15)11-10-32-21(34)16-12-17(23(26,27)28)14-18(13-16)24(29,30)31/h1-9,12-14H,10-11H2,(H,32,34). The quantitative estimate of drug-likeness (QED) is 0.428. The number of anilines is 1. The lowest BCUT2D eigenvalue weighted by atomic mass is 10.0. The van der Waals surface area contributed by atoms with Crippen molar-refractivity contribution in [1.29, 1.82) is 0 Å². The second kappa shape index (κ2) is 10.2. The number of nitrogens with one attached hydrogen (secondary N) is 1. The Labute approximate surface area is 195 Å². The lowest BCUT2D eigenvalue weighted by Crippen LogP contribution is -2.39. The van der Waals surface area contributed by atoms with E-state index in [0.29, 0.717) is 12.1 Å². The van der Waals surface area contributed by atoms with Crippen LogP contribution in [0.3, 0.4) is 0 Å². The summed E-state index contributed by atoms with van der Waals surface area (Å²) < 4.78 is 91.7. The topological polar surface area (TPSA) is 49.4 Å². The molecule has 0 unspecified atom stereocenters. The Morgan fingerprint density at radius 2 is 1.29 bits per heavy atom. The van der Waals surface area contributed by atoms with Crippen LogP contribution in [0.2, 0.25) is 0 Å². The number of halogens is 7. The third-order valence-electron chi connectivity index (χ3n) is 4.88. The van der Waals surface area contributed by atoms with Crippen LogP contribution in [-0.4, -0.2) is 24.9 Å². The van der Waals surface area contributed by atoms with Gasteiger partial charge < -0.3 is 10.2 Å². The molecule has 3 rings (SSSR count). The van der Waals surface area contributed by atoms with Crippen LogP contribution >= 0.6 is 0 Å². The van der Waals surface area contributed by atoms with Gasteiger partial charge in [-0.3, -0.25) is 9.59 Å². The van der Waals surface area contributed by atoms with Gasteiger partial charge in [0.05, 0.1) is 11.1 Å². The van der Waals surface area contributed by atoms with Gasteiger partial charge in [-0.1, -0.05) is 18.2 Å². The normalized spacial score (nSPS) is 11.7. The van der Waals surface area contributed by atoms with Gasteiger partial charge in [0.1, 0.15) is 5.82 Å². The number of hydrogen-bond acceptors (Lipinski definition) is 2. The fraction of sp³-hybridized carbons (Fsp3) is 0.167. The van der Waals surface area contributed by atoms with Crippen molar-refractivity contribution in [3.63, 3.8) is 0 Å². The molecule has 0 heterocycles. The van der Waals surface area contributed by atoms with Crippen LogP contribution in [-0.2, 0) is 12.4 Å². The smallest absolute Gasteiger partial charge is 0.350 e. The highest BCUT2D eigenvalue weighted by atomic mass is 19.4. The maximum Gasteiger partial charge on any atom is 0.416 e. The maximum absolute atomic E-state index is 13.3. The molecule has 0 saturated carbocycles. The fourth-order valence-electron chi connectivity index (χ4n) is 3.17. The fourth-order valence-corrected chi connectivity index (χ4v) is 3.17. The van der Waals surface area contributed by atoms with Crippen molar-refractivity contribution in [1.82, 2.24) is 5.32 Å². The molecule has 0 aliphatic carbocycles. The first kappa shape index (κ1) is 25.7. The molecule has 0 saturated heterocycles. The van der Waals surface area contributed by atoms with Gasteiger partial charge in [0.25, 0.3) is 11.8 Å². The number of alkyl halides is 6. The molecule has 0 fully saturated rings. The predicted molar refractivity (Wildman–Crippen MR) is 113 cm³/mol. The van der Waals surface area contributed by atoms with Crippen LogP contribution in [0.25, 0.3) is 0 Å². The van der Waals surface area contributed by atoms with E-state index >= 15 is 0 Å². The van der Waals surface area contributed by atoms with Gasteiger partial charge >= 0.3 is 12.4 Å². The minimum atomic E-state index is -5.10. The van der Waals surface area contributed by atoms with Crippen molar-refractivity contribution in [3.05, 3.63) is 101 Å². The first-order valence-electron chi connectivity index (χ1n) is 10.1. The zero-order valence-electron chi connectivity index (χ0n) is 17.8. The summed E-state index contributed by atoms with van der Waals surface area (Å²) in [5, 5.41) is 2.23. The summed E-state index contributed by atoms with van der Waals surface area (Å²) in [5.74, 6) is -2.25. The van der Waals surface area contributed by atoms with Gasteiger partial charge in [-0.25, -0.2) is 4.39 Å². The van der Waals surface area contributed by atoms with Crippen molar-refractivity contribution in [2.75, 3.05) is 18.0 Å². The highest BCUT2D eigenvalue weighted by molar-refractivity contribution is 6.06. The molecule has 3 aromatic carbocycles. The number of benzene rings is 3. The molecule has 11 heteroatoms. The van der Waals surface area contributed by atoms with Gasteiger partial charge in [-0.05, 0) is 54.6 Å². The molecule has 4 nitrogen and oxygen atoms in total. The lowest BCUT2D eigenvalue weighted by Gasteiger charge is -2.23. The van der Waals surface area contributed by atoms with Crippen molar-refractivity contribution in [3.8, 4) is 0 Å². The Bertz CT molecular complexity index is 1160. The highest BCUT2D eigenvalue weighted by Crippen LogP contribution is 2.36. The summed E-state index contributed by atoms with van der Waals surface area (Å²) in [6.07, 6.45) is -10.2. The van der Waals surface area contributed by atoms with E-state index < -0.39 is 46.7 Å². The number of rotatable bonds is 6. The van der Waals surface area contributed by atoms with Gasteiger partial charge in [0.2, 0.25) is 0 Å². The third-order valence-corrected chi connectivity index (χ3v) is 4.88. The van der Waals surface area contributed by atoms with E-state index in [1.165, 1.54) is 29.2 Å². The number of carbonyl (C=O) groups is 2. The Morgan fingerprint density at radius 1 is 0.743 bits per heavy atom. The van der Waals surface area contributed by atoms with Crippen molar-refractivity contribution in [2.24, 2.45) is 0 Å². The van der Waals surface area contributed by atoms with E-state index in [2.05, 4.69) is 5.32 Å². The third kappa shape index (κ3) is 6.58. The van der Waals surface area contributed by atoms with Crippen LogP contribution in [0.4, 0.5) is 36.4 Å². The van der Waals surface area contributed by atoms with Gasteiger partial charge in [0, 0.05) is 29.9 Å². The summed E-state index contributed by atoms with van der Waals surface area (Å²) in [5.41, 5.74) is -3.53. The Morgan fingerprint density at radius 3 is 1.80 bits per heavy atom. The molecule has 0 atom stereocenters. The monoisotopic (exact) mass is 498 g/mol. The Balaban J connectivity index is 1.81. The minimum Gasteiger partial charge on any atom is -0.350 e. The molecule has 0 aliphatic heterocycles. The summed E-state index contributed by atoms with van der Waals surface area (Å²) in [6, 6.07) is 13.4. The summed E-state index contributed by atoms with van der Waals surface area (Å²) in [6.45, 7) is -0.511. The molecule has 1 N–H and O–H groups in total. The zero-order valence-corrected chi connectivity index (χ0v) is 17.8. The average molecular weight is 498 g/mol. The summed E-state index contributed by atoms with van der Waals surface area (Å²) in [7, 11) is 0. The second-order valence-corrected chi connectivity index (χ2v) is 7.35. The molecule has 0 aromatic heterocycles. The molecular weight excluding hydrogens is 481 g/mol. The first-order chi connectivity index (χ1) is 16.4. The van der Waals surface area contributed by atoms with Crippen molar-refractivity contribution >= 4 is 17.5 Å². The van der Waals surface area contributed by atoms with E-state index in [0.717, 1.165) is 12.1 Å². The number of carbonyl (C=O) groups excluding carboxylic acids is 2. The van der Waals surface area contributed by atoms with E-state index in [9.17, 15) is 40.3 Å². The van der Waals surface area contributed by atoms with E-state index in [1.54, 1.807) is 18.2 Å². The van der Waals surface area contributed by atoms with Crippen molar-refractivity contribution < 1.29 is 40.3 Å². The number of hydrogen-bond donors (Lipinski definition) is 1. The first-order valence-corrected chi connectivity index (χ1v) is 10.1. The highest BCUT2D eigenvalue weighted by Gasteiger charge is 2.37. The van der Waals surface area contributed by atoms with Gasteiger partial charge in [0.15, 0.2) is 0 Å². The van der Waals surface area contributed by atoms with Gasteiger partial charge in [-0.2, -0.15) is 26.3 Å². The zero-order chi connectivity index (χ0) is 25.8. The second-order valence-electron chi connectivity index (χ2n) is 7.35.